The lowest BCUT2D eigenvalue weighted by Crippen LogP contribution is -2.37. The average Bonchev–Trinajstić information content (AvgIpc) is 2.96. The summed E-state index contributed by atoms with van der Waals surface area (Å²) in [7, 11) is -3.80. The first-order valence-electron chi connectivity index (χ1n) is 7.63. The molecular weight excluding hydrogens is 330 g/mol. The third-order valence-electron chi connectivity index (χ3n) is 3.13. The van der Waals surface area contributed by atoms with Crippen LogP contribution in [-0.4, -0.2) is 64.6 Å². The van der Waals surface area contributed by atoms with Gasteiger partial charge in [0.05, 0.1) is 0 Å². The SMILES string of the molecule is C=C(C)CN(CC(=C)C)C(=O)n1cnc(S(=O)(=O)N(CC)CC)n1. The molecule has 0 saturated heterocycles. The van der Waals surface area contributed by atoms with E-state index in [1.165, 1.54) is 9.21 Å². The number of nitrogens with zero attached hydrogens (tertiary/aromatic N) is 5. The number of hydrogen-bond acceptors (Lipinski definition) is 5. The number of carbonyl (C=O) groups is 1. The van der Waals surface area contributed by atoms with Gasteiger partial charge in [-0.05, 0) is 13.8 Å². The Hall–Kier alpha value is -2.00. The third-order valence-corrected chi connectivity index (χ3v) is 4.98. The van der Waals surface area contributed by atoms with Crippen LogP contribution < -0.4 is 0 Å². The lowest BCUT2D eigenvalue weighted by molar-refractivity contribution is 0.204. The first kappa shape index (κ1) is 20.0. The highest BCUT2D eigenvalue weighted by molar-refractivity contribution is 7.88. The summed E-state index contributed by atoms with van der Waals surface area (Å²) < 4.78 is 26.9. The van der Waals surface area contributed by atoms with Gasteiger partial charge in [0.1, 0.15) is 6.33 Å². The van der Waals surface area contributed by atoms with Crippen molar-refractivity contribution in [3.05, 3.63) is 30.6 Å². The zero-order chi connectivity index (χ0) is 18.5. The summed E-state index contributed by atoms with van der Waals surface area (Å²) in [5.41, 5.74) is 1.58. The molecule has 1 aromatic heterocycles. The summed E-state index contributed by atoms with van der Waals surface area (Å²) in [5.74, 6) is 0. The van der Waals surface area contributed by atoms with Gasteiger partial charge in [-0.1, -0.05) is 38.2 Å². The summed E-state index contributed by atoms with van der Waals surface area (Å²) in [5, 5.41) is 3.48. The number of rotatable bonds is 8. The zero-order valence-corrected chi connectivity index (χ0v) is 15.5. The minimum absolute atomic E-state index is 0.304. The Bertz CT molecular complexity index is 703. The smallest absolute Gasteiger partial charge is 0.315 e. The van der Waals surface area contributed by atoms with E-state index in [2.05, 4.69) is 23.2 Å². The molecule has 0 aromatic carbocycles. The second-order valence-electron chi connectivity index (χ2n) is 5.61. The Morgan fingerprint density at radius 3 is 2.08 bits per heavy atom. The first-order valence-corrected chi connectivity index (χ1v) is 9.07. The number of hydrogen-bond donors (Lipinski definition) is 0. The van der Waals surface area contributed by atoms with E-state index in [9.17, 15) is 13.2 Å². The predicted molar refractivity (Wildman–Crippen MR) is 92.1 cm³/mol. The van der Waals surface area contributed by atoms with Crippen LogP contribution >= 0.6 is 0 Å². The lowest BCUT2D eigenvalue weighted by Gasteiger charge is -2.22. The largest absolute Gasteiger partial charge is 0.346 e. The minimum atomic E-state index is -3.80. The normalized spacial score (nSPS) is 11.5. The highest BCUT2D eigenvalue weighted by Crippen LogP contribution is 2.11. The second-order valence-corrected chi connectivity index (χ2v) is 7.45. The van der Waals surface area contributed by atoms with E-state index < -0.39 is 16.1 Å². The maximum absolute atomic E-state index is 12.6. The molecule has 134 valence electrons. The van der Waals surface area contributed by atoms with Crippen molar-refractivity contribution < 1.29 is 13.2 Å². The Balaban J connectivity index is 3.11. The monoisotopic (exact) mass is 355 g/mol. The molecule has 1 amide bonds. The van der Waals surface area contributed by atoms with Crippen LogP contribution in [0, 0.1) is 0 Å². The van der Waals surface area contributed by atoms with Gasteiger partial charge in [-0.3, -0.25) is 0 Å². The number of amides is 1. The van der Waals surface area contributed by atoms with Crippen LogP contribution in [0.15, 0.2) is 35.8 Å². The molecule has 0 unspecified atom stereocenters. The summed E-state index contributed by atoms with van der Waals surface area (Å²) in [6.45, 7) is 15.9. The van der Waals surface area contributed by atoms with Gasteiger partial charge in [0.15, 0.2) is 0 Å². The standard InChI is InChI=1S/C15H25N5O3S/c1-7-19(8-2)24(22,23)14-16-11-20(17-14)15(21)18(9-12(3)4)10-13(5)6/h11H,3,5,7-10H2,1-2,4,6H3. The quantitative estimate of drug-likeness (QED) is 0.663. The maximum Gasteiger partial charge on any atom is 0.346 e. The van der Waals surface area contributed by atoms with Crippen molar-refractivity contribution in [3.8, 4) is 0 Å². The maximum atomic E-state index is 12.6. The third kappa shape index (κ3) is 4.75. The van der Waals surface area contributed by atoms with Crippen LogP contribution in [0.25, 0.3) is 0 Å². The van der Waals surface area contributed by atoms with E-state index in [1.807, 2.05) is 0 Å². The van der Waals surface area contributed by atoms with Gasteiger partial charge in [0, 0.05) is 26.2 Å². The Kier molecular flexibility index (Phi) is 6.85. The number of aromatic nitrogens is 3. The van der Waals surface area contributed by atoms with Crippen molar-refractivity contribution >= 4 is 16.1 Å². The van der Waals surface area contributed by atoms with Gasteiger partial charge >= 0.3 is 6.03 Å². The molecule has 0 fully saturated rings. The number of carbonyl (C=O) groups excluding carboxylic acids is 1. The van der Waals surface area contributed by atoms with Gasteiger partial charge in [0.25, 0.3) is 15.2 Å². The summed E-state index contributed by atoms with van der Waals surface area (Å²) in [4.78, 5) is 17.8. The summed E-state index contributed by atoms with van der Waals surface area (Å²) in [6.07, 6.45) is 1.11. The Labute approximate surface area is 143 Å². The van der Waals surface area contributed by atoms with Crippen molar-refractivity contribution in [1.29, 1.82) is 0 Å². The van der Waals surface area contributed by atoms with E-state index in [4.69, 9.17) is 0 Å². The fourth-order valence-electron chi connectivity index (χ4n) is 2.12. The minimum Gasteiger partial charge on any atom is -0.315 e. The molecule has 0 bridgehead atoms. The molecule has 0 aliphatic rings. The molecule has 8 nitrogen and oxygen atoms in total. The molecule has 0 atom stereocenters. The van der Waals surface area contributed by atoms with Gasteiger partial charge in [-0.25, -0.2) is 18.2 Å². The first-order chi connectivity index (χ1) is 11.1. The van der Waals surface area contributed by atoms with Crippen molar-refractivity contribution in [1.82, 2.24) is 24.0 Å². The van der Waals surface area contributed by atoms with Crippen LogP contribution in [-0.2, 0) is 10.0 Å². The molecule has 1 rings (SSSR count). The van der Waals surface area contributed by atoms with Crippen LogP contribution in [0.3, 0.4) is 0 Å². The van der Waals surface area contributed by atoms with Crippen molar-refractivity contribution in [3.63, 3.8) is 0 Å². The van der Waals surface area contributed by atoms with Crippen molar-refractivity contribution in [2.75, 3.05) is 26.2 Å². The molecule has 1 heterocycles. The predicted octanol–water partition coefficient (Wildman–Crippen LogP) is 1.73. The van der Waals surface area contributed by atoms with Crippen molar-refractivity contribution in [2.45, 2.75) is 32.9 Å². The molecule has 0 saturated carbocycles. The van der Waals surface area contributed by atoms with Crippen molar-refractivity contribution in [2.24, 2.45) is 0 Å². The summed E-state index contributed by atoms with van der Waals surface area (Å²) in [6, 6.07) is -0.477. The Morgan fingerprint density at radius 2 is 1.67 bits per heavy atom. The van der Waals surface area contributed by atoms with Crippen LogP contribution in [0.1, 0.15) is 27.7 Å². The van der Waals surface area contributed by atoms with E-state index in [-0.39, 0.29) is 5.16 Å². The molecule has 24 heavy (non-hydrogen) atoms. The molecule has 0 radical (unpaired) electrons. The summed E-state index contributed by atoms with van der Waals surface area (Å²) >= 11 is 0. The Morgan fingerprint density at radius 1 is 1.17 bits per heavy atom. The molecule has 1 aromatic rings. The van der Waals surface area contributed by atoms with Crippen LogP contribution in [0.2, 0.25) is 0 Å². The van der Waals surface area contributed by atoms with Gasteiger partial charge < -0.3 is 4.90 Å². The highest BCUT2D eigenvalue weighted by atomic mass is 32.2. The van der Waals surface area contributed by atoms with Gasteiger partial charge in [-0.2, -0.15) is 8.99 Å². The lowest BCUT2D eigenvalue weighted by atomic mass is 10.3. The highest BCUT2D eigenvalue weighted by Gasteiger charge is 2.27. The fraction of sp³-hybridized carbons (Fsp3) is 0.533. The van der Waals surface area contributed by atoms with E-state index in [1.54, 1.807) is 27.7 Å². The van der Waals surface area contributed by atoms with Gasteiger partial charge in [-0.15, -0.1) is 5.10 Å². The fourth-order valence-corrected chi connectivity index (χ4v) is 3.41. The zero-order valence-electron chi connectivity index (χ0n) is 14.7. The topological polar surface area (TPSA) is 88.4 Å². The number of sulfonamides is 1. The average molecular weight is 355 g/mol. The van der Waals surface area contributed by atoms with Crippen LogP contribution in [0.4, 0.5) is 4.79 Å². The van der Waals surface area contributed by atoms with E-state index in [0.717, 1.165) is 22.2 Å². The van der Waals surface area contributed by atoms with E-state index >= 15 is 0 Å². The molecule has 0 spiro atoms. The molecule has 0 aliphatic carbocycles. The van der Waals surface area contributed by atoms with Gasteiger partial charge in [0.2, 0.25) is 0 Å². The molecule has 0 aliphatic heterocycles. The second kappa shape index (κ2) is 8.20. The van der Waals surface area contributed by atoms with E-state index in [0.29, 0.717) is 26.2 Å². The molecule has 0 N–H and O–H groups in total. The van der Waals surface area contributed by atoms with Crippen LogP contribution in [0.5, 0.6) is 0 Å². The molecular formula is C15H25N5O3S. The molecule has 9 heteroatoms.